The Morgan fingerprint density at radius 3 is 2.29 bits per heavy atom. The summed E-state index contributed by atoms with van der Waals surface area (Å²) in [7, 11) is -3.46. The van der Waals surface area contributed by atoms with Crippen LogP contribution in [0.15, 0.2) is 29.2 Å². The van der Waals surface area contributed by atoms with E-state index in [9.17, 15) is 13.2 Å². The first kappa shape index (κ1) is 21.3. The smallest absolute Gasteiger partial charge is 0.240 e. The van der Waals surface area contributed by atoms with Gasteiger partial charge in [0.25, 0.3) is 0 Å². The second-order valence-corrected chi connectivity index (χ2v) is 10.5. The average molecular weight is 407 g/mol. The van der Waals surface area contributed by atoms with Crippen LogP contribution in [-0.2, 0) is 14.8 Å². The van der Waals surface area contributed by atoms with Gasteiger partial charge in [0.05, 0.1) is 4.90 Å². The lowest BCUT2D eigenvalue weighted by Gasteiger charge is -2.33. The number of hydrogen-bond donors (Lipinski definition) is 2. The molecule has 0 aliphatic heterocycles. The normalized spacial score (nSPS) is 28.6. The minimum Gasteiger partial charge on any atom is -0.353 e. The van der Waals surface area contributed by atoms with Gasteiger partial charge in [-0.25, -0.2) is 13.1 Å². The number of benzene rings is 1. The van der Waals surface area contributed by atoms with Gasteiger partial charge in [0.15, 0.2) is 0 Å². The van der Waals surface area contributed by atoms with Gasteiger partial charge in [0, 0.05) is 18.5 Å². The lowest BCUT2D eigenvalue weighted by molar-refractivity contribution is -0.127. The molecule has 0 bridgehead atoms. The molecule has 2 aliphatic rings. The minimum absolute atomic E-state index is 0.0825. The number of hydrogen-bond acceptors (Lipinski definition) is 3. The lowest BCUT2D eigenvalue weighted by atomic mass is 9.80. The zero-order chi connectivity index (χ0) is 20.1. The second kappa shape index (κ2) is 9.40. The number of amides is 1. The molecule has 0 saturated heterocycles. The third-order valence-corrected chi connectivity index (χ3v) is 7.99. The number of carbonyl (C=O) groups is 1. The fourth-order valence-electron chi connectivity index (χ4n) is 4.49. The standard InChI is InChI=1S/C22H34N2O3S/c1-16-7-13-20(14-8-16)28(26,27)23-15-18-9-11-19(12-10-18)22(25)24-21-6-4-3-5-17(21)2/h7-8,13-14,17-19,21,23H,3-6,9-12,15H2,1-2H3,(H,24,25)/t17-,18?,19?,21+/m1/s1. The maximum Gasteiger partial charge on any atom is 0.240 e. The highest BCUT2D eigenvalue weighted by atomic mass is 32.2. The van der Waals surface area contributed by atoms with Crippen molar-refractivity contribution < 1.29 is 13.2 Å². The Labute approximate surface area is 169 Å². The van der Waals surface area contributed by atoms with E-state index in [1.54, 1.807) is 12.1 Å². The average Bonchev–Trinajstić information content (AvgIpc) is 2.69. The van der Waals surface area contributed by atoms with Crippen LogP contribution in [0.4, 0.5) is 0 Å². The van der Waals surface area contributed by atoms with Crippen LogP contribution >= 0.6 is 0 Å². The molecule has 2 atom stereocenters. The van der Waals surface area contributed by atoms with Crippen molar-refractivity contribution in [3.63, 3.8) is 0 Å². The van der Waals surface area contributed by atoms with Crippen molar-refractivity contribution in [2.75, 3.05) is 6.54 Å². The van der Waals surface area contributed by atoms with Crippen LogP contribution in [-0.4, -0.2) is 26.9 Å². The number of aryl methyl sites for hydroxylation is 1. The third kappa shape index (κ3) is 5.57. The molecule has 5 nitrogen and oxygen atoms in total. The van der Waals surface area contributed by atoms with Crippen LogP contribution in [0.5, 0.6) is 0 Å². The predicted octanol–water partition coefficient (Wildman–Crippen LogP) is 3.77. The number of carbonyl (C=O) groups excluding carboxylic acids is 1. The van der Waals surface area contributed by atoms with Gasteiger partial charge in [0.1, 0.15) is 0 Å². The molecule has 3 rings (SSSR count). The Kier molecular flexibility index (Phi) is 7.15. The summed E-state index contributed by atoms with van der Waals surface area (Å²) in [5, 5.41) is 3.29. The van der Waals surface area contributed by atoms with Crippen LogP contribution in [0.1, 0.15) is 63.9 Å². The Bertz CT molecular complexity index is 752. The lowest BCUT2D eigenvalue weighted by Crippen LogP contribution is -2.44. The fourth-order valence-corrected chi connectivity index (χ4v) is 5.60. The van der Waals surface area contributed by atoms with Crippen LogP contribution in [0.3, 0.4) is 0 Å². The Balaban J connectivity index is 1.43. The first-order valence-electron chi connectivity index (χ1n) is 10.7. The van der Waals surface area contributed by atoms with Crippen LogP contribution in [0.2, 0.25) is 0 Å². The molecule has 2 N–H and O–H groups in total. The van der Waals surface area contributed by atoms with E-state index in [0.717, 1.165) is 37.7 Å². The molecule has 2 saturated carbocycles. The van der Waals surface area contributed by atoms with Gasteiger partial charge in [-0.2, -0.15) is 0 Å². The van der Waals surface area contributed by atoms with Gasteiger partial charge in [-0.3, -0.25) is 4.79 Å². The predicted molar refractivity (Wildman–Crippen MR) is 111 cm³/mol. The summed E-state index contributed by atoms with van der Waals surface area (Å²) in [6.45, 7) is 4.62. The van der Waals surface area contributed by atoms with Crippen molar-refractivity contribution in [3.05, 3.63) is 29.8 Å². The summed E-state index contributed by atoms with van der Waals surface area (Å²) in [4.78, 5) is 12.9. The molecule has 1 aromatic carbocycles. The van der Waals surface area contributed by atoms with Gasteiger partial charge in [-0.1, -0.05) is 37.5 Å². The third-order valence-electron chi connectivity index (χ3n) is 6.55. The molecule has 1 aromatic rings. The van der Waals surface area contributed by atoms with Crippen LogP contribution < -0.4 is 10.0 Å². The van der Waals surface area contributed by atoms with Gasteiger partial charge in [-0.15, -0.1) is 0 Å². The van der Waals surface area contributed by atoms with E-state index < -0.39 is 10.0 Å². The van der Waals surface area contributed by atoms with E-state index in [0.29, 0.717) is 29.3 Å². The van der Waals surface area contributed by atoms with Crippen molar-refractivity contribution in [1.82, 2.24) is 10.0 Å². The van der Waals surface area contributed by atoms with E-state index in [1.807, 2.05) is 19.1 Å². The highest BCUT2D eigenvalue weighted by Gasteiger charge is 2.30. The Morgan fingerprint density at radius 1 is 1.00 bits per heavy atom. The Hall–Kier alpha value is -1.40. The molecule has 0 unspecified atom stereocenters. The summed E-state index contributed by atoms with van der Waals surface area (Å²) >= 11 is 0. The maximum atomic E-state index is 12.6. The molecular formula is C22H34N2O3S. The van der Waals surface area contributed by atoms with Crippen molar-refractivity contribution in [2.24, 2.45) is 17.8 Å². The quantitative estimate of drug-likeness (QED) is 0.755. The molecular weight excluding hydrogens is 372 g/mol. The number of nitrogens with one attached hydrogen (secondary N) is 2. The van der Waals surface area contributed by atoms with E-state index >= 15 is 0 Å². The Morgan fingerprint density at radius 2 is 1.64 bits per heavy atom. The summed E-state index contributed by atoms with van der Waals surface area (Å²) in [5.41, 5.74) is 1.04. The van der Waals surface area contributed by atoms with E-state index in [1.165, 1.54) is 19.3 Å². The molecule has 0 spiro atoms. The summed E-state index contributed by atoms with van der Waals surface area (Å²) < 4.78 is 27.6. The van der Waals surface area contributed by atoms with Crippen LogP contribution in [0.25, 0.3) is 0 Å². The SMILES string of the molecule is Cc1ccc(S(=O)(=O)NCC2CCC(C(=O)N[C@H]3CCCC[C@H]3C)CC2)cc1. The zero-order valence-corrected chi connectivity index (χ0v) is 17.9. The fraction of sp³-hybridized carbons (Fsp3) is 0.682. The van der Waals surface area contributed by atoms with E-state index in [2.05, 4.69) is 17.0 Å². The van der Waals surface area contributed by atoms with E-state index in [-0.39, 0.29) is 11.8 Å². The molecule has 6 heteroatoms. The summed E-state index contributed by atoms with van der Waals surface area (Å²) in [5.74, 6) is 1.17. The van der Waals surface area contributed by atoms with Crippen molar-refractivity contribution in [1.29, 1.82) is 0 Å². The molecule has 156 valence electrons. The second-order valence-electron chi connectivity index (χ2n) is 8.76. The van der Waals surface area contributed by atoms with E-state index in [4.69, 9.17) is 0 Å². The first-order chi connectivity index (χ1) is 13.3. The topological polar surface area (TPSA) is 75.3 Å². The monoisotopic (exact) mass is 406 g/mol. The minimum atomic E-state index is -3.46. The molecule has 1 amide bonds. The largest absolute Gasteiger partial charge is 0.353 e. The molecule has 2 fully saturated rings. The van der Waals surface area contributed by atoms with Crippen molar-refractivity contribution >= 4 is 15.9 Å². The van der Waals surface area contributed by atoms with Gasteiger partial charge >= 0.3 is 0 Å². The summed E-state index contributed by atoms with van der Waals surface area (Å²) in [6.07, 6.45) is 8.29. The van der Waals surface area contributed by atoms with Crippen LogP contribution in [0, 0.1) is 24.7 Å². The summed E-state index contributed by atoms with van der Waals surface area (Å²) in [6, 6.07) is 7.24. The van der Waals surface area contributed by atoms with Gasteiger partial charge in [-0.05, 0) is 69.4 Å². The molecule has 0 radical (unpaired) electrons. The number of rotatable bonds is 6. The maximum absolute atomic E-state index is 12.6. The molecule has 0 heterocycles. The highest BCUT2D eigenvalue weighted by Crippen LogP contribution is 2.30. The molecule has 28 heavy (non-hydrogen) atoms. The first-order valence-corrected chi connectivity index (χ1v) is 12.2. The molecule has 2 aliphatic carbocycles. The highest BCUT2D eigenvalue weighted by molar-refractivity contribution is 7.89. The zero-order valence-electron chi connectivity index (χ0n) is 17.1. The van der Waals surface area contributed by atoms with Crippen molar-refractivity contribution in [2.45, 2.75) is 76.2 Å². The number of sulfonamides is 1. The van der Waals surface area contributed by atoms with Gasteiger partial charge < -0.3 is 5.32 Å². The van der Waals surface area contributed by atoms with Crippen molar-refractivity contribution in [3.8, 4) is 0 Å². The van der Waals surface area contributed by atoms with Gasteiger partial charge in [0.2, 0.25) is 15.9 Å². The molecule has 0 aromatic heterocycles.